The molecule has 0 saturated heterocycles. The van der Waals surface area contributed by atoms with Gasteiger partial charge in [0.2, 0.25) is 0 Å². The SMILES string of the molecule is C=N/C=C\C1=C(C(=O)CC)CN(C(C)c2ccc(OCCF)c(C)c2)C1=O. The summed E-state index contributed by atoms with van der Waals surface area (Å²) in [4.78, 5) is 30.5. The van der Waals surface area contributed by atoms with E-state index < -0.39 is 6.67 Å². The van der Waals surface area contributed by atoms with Gasteiger partial charge in [-0.25, -0.2) is 4.39 Å². The highest BCUT2D eigenvalue weighted by molar-refractivity contribution is 6.11. The number of Topliss-reactive ketones (excluding diaryl/α,β-unsaturated/α-hetero) is 1. The monoisotopic (exact) mass is 372 g/mol. The molecule has 2 rings (SSSR count). The molecule has 27 heavy (non-hydrogen) atoms. The Morgan fingerprint density at radius 1 is 1.48 bits per heavy atom. The van der Waals surface area contributed by atoms with Crippen LogP contribution in [0.5, 0.6) is 5.75 Å². The molecule has 1 aromatic rings. The number of benzene rings is 1. The van der Waals surface area contributed by atoms with Gasteiger partial charge in [0.25, 0.3) is 5.91 Å². The van der Waals surface area contributed by atoms with Crippen molar-refractivity contribution >= 4 is 18.4 Å². The maximum atomic E-state index is 12.9. The lowest BCUT2D eigenvalue weighted by Gasteiger charge is -2.26. The Morgan fingerprint density at radius 2 is 2.22 bits per heavy atom. The molecule has 1 aromatic carbocycles. The van der Waals surface area contributed by atoms with Crippen LogP contribution in [0.25, 0.3) is 0 Å². The molecule has 1 amide bonds. The van der Waals surface area contributed by atoms with Crippen molar-refractivity contribution in [3.63, 3.8) is 0 Å². The number of amides is 1. The number of nitrogens with zero attached hydrogens (tertiary/aromatic N) is 2. The smallest absolute Gasteiger partial charge is 0.255 e. The van der Waals surface area contributed by atoms with Crippen molar-refractivity contribution in [2.75, 3.05) is 19.8 Å². The van der Waals surface area contributed by atoms with Gasteiger partial charge in [0.15, 0.2) is 5.78 Å². The third kappa shape index (κ3) is 4.51. The van der Waals surface area contributed by atoms with Crippen LogP contribution in [0, 0.1) is 6.92 Å². The highest BCUT2D eigenvalue weighted by atomic mass is 19.1. The van der Waals surface area contributed by atoms with E-state index in [-0.39, 0.29) is 30.9 Å². The lowest BCUT2D eigenvalue weighted by Crippen LogP contribution is -2.30. The number of ether oxygens (including phenoxy) is 1. The summed E-state index contributed by atoms with van der Waals surface area (Å²) in [7, 11) is 0. The first-order chi connectivity index (χ1) is 12.9. The molecule has 0 fully saturated rings. The first-order valence-corrected chi connectivity index (χ1v) is 8.93. The predicted octanol–water partition coefficient (Wildman–Crippen LogP) is 3.74. The molecule has 0 aliphatic carbocycles. The van der Waals surface area contributed by atoms with Gasteiger partial charge in [0.1, 0.15) is 19.0 Å². The van der Waals surface area contributed by atoms with E-state index in [2.05, 4.69) is 11.7 Å². The molecule has 6 heteroatoms. The third-order valence-corrected chi connectivity index (χ3v) is 4.63. The van der Waals surface area contributed by atoms with E-state index in [1.165, 1.54) is 6.20 Å². The van der Waals surface area contributed by atoms with Crippen LogP contribution in [0.15, 0.2) is 46.6 Å². The number of carbonyl (C=O) groups excluding carboxylic acids is 2. The molecular weight excluding hydrogens is 347 g/mol. The van der Waals surface area contributed by atoms with E-state index in [4.69, 9.17) is 4.74 Å². The summed E-state index contributed by atoms with van der Waals surface area (Å²) in [6.45, 7) is 8.68. The maximum Gasteiger partial charge on any atom is 0.255 e. The molecule has 0 N–H and O–H groups in total. The minimum Gasteiger partial charge on any atom is -0.491 e. The second kappa shape index (κ2) is 9.26. The lowest BCUT2D eigenvalue weighted by atomic mass is 10.0. The average molecular weight is 372 g/mol. The van der Waals surface area contributed by atoms with Crippen molar-refractivity contribution in [3.05, 3.63) is 52.7 Å². The van der Waals surface area contributed by atoms with Crippen LogP contribution in [0.1, 0.15) is 37.4 Å². The van der Waals surface area contributed by atoms with Crippen molar-refractivity contribution in [2.24, 2.45) is 4.99 Å². The van der Waals surface area contributed by atoms with Crippen molar-refractivity contribution in [2.45, 2.75) is 33.2 Å². The molecule has 1 unspecified atom stereocenters. The lowest BCUT2D eigenvalue weighted by molar-refractivity contribution is -0.127. The number of hydrogen-bond acceptors (Lipinski definition) is 4. The molecule has 0 radical (unpaired) electrons. The number of ketones is 1. The predicted molar refractivity (Wildman–Crippen MR) is 104 cm³/mol. The summed E-state index contributed by atoms with van der Waals surface area (Å²) >= 11 is 0. The Bertz CT molecular complexity index is 799. The average Bonchev–Trinajstić information content (AvgIpc) is 3.00. The van der Waals surface area contributed by atoms with Gasteiger partial charge in [-0.2, -0.15) is 0 Å². The van der Waals surface area contributed by atoms with Gasteiger partial charge in [-0.05, 0) is 43.8 Å². The number of hydrogen-bond donors (Lipinski definition) is 0. The molecule has 0 bridgehead atoms. The van der Waals surface area contributed by atoms with E-state index in [0.717, 1.165) is 11.1 Å². The number of aliphatic imine (C=N–C) groups is 1. The van der Waals surface area contributed by atoms with E-state index in [1.54, 1.807) is 24.0 Å². The van der Waals surface area contributed by atoms with Gasteiger partial charge in [-0.1, -0.05) is 19.1 Å². The molecule has 5 nitrogen and oxygen atoms in total. The summed E-state index contributed by atoms with van der Waals surface area (Å²) in [6, 6.07) is 5.34. The van der Waals surface area contributed by atoms with Crippen LogP contribution in [0.3, 0.4) is 0 Å². The number of aryl methyl sites for hydroxylation is 1. The molecular formula is C21H25FN2O3. The van der Waals surface area contributed by atoms with Crippen LogP contribution in [0.2, 0.25) is 0 Å². The second-order valence-electron chi connectivity index (χ2n) is 6.34. The topological polar surface area (TPSA) is 59.0 Å². The maximum absolute atomic E-state index is 12.9. The Kier molecular flexibility index (Phi) is 7.05. The van der Waals surface area contributed by atoms with Crippen LogP contribution < -0.4 is 4.74 Å². The standard InChI is InChI=1S/C21H25FN2O3/c1-5-19(25)18-13-24(21(26)17(18)8-10-23-4)15(3)16-6-7-20(14(2)12-16)27-11-9-22/h6-8,10,12,15H,4-5,9,11,13H2,1-3H3/b10-8-. The van der Waals surface area contributed by atoms with E-state index in [0.29, 0.717) is 23.3 Å². The van der Waals surface area contributed by atoms with Crippen LogP contribution >= 0.6 is 0 Å². The summed E-state index contributed by atoms with van der Waals surface area (Å²) in [5.74, 6) is 0.375. The summed E-state index contributed by atoms with van der Waals surface area (Å²) in [5, 5.41) is 0. The first-order valence-electron chi connectivity index (χ1n) is 8.93. The van der Waals surface area contributed by atoms with Gasteiger partial charge >= 0.3 is 0 Å². The molecule has 1 heterocycles. The Labute approximate surface area is 159 Å². The fraction of sp³-hybridized carbons (Fsp3) is 0.381. The molecule has 0 aromatic heterocycles. The second-order valence-corrected chi connectivity index (χ2v) is 6.34. The van der Waals surface area contributed by atoms with Crippen molar-refractivity contribution in [3.8, 4) is 5.75 Å². The Balaban J connectivity index is 2.27. The number of alkyl halides is 1. The largest absolute Gasteiger partial charge is 0.491 e. The van der Waals surface area contributed by atoms with Gasteiger partial charge < -0.3 is 9.64 Å². The normalized spacial score (nSPS) is 15.6. The zero-order valence-electron chi connectivity index (χ0n) is 16.0. The van der Waals surface area contributed by atoms with E-state index in [1.807, 2.05) is 26.0 Å². The molecule has 0 saturated carbocycles. The fourth-order valence-corrected chi connectivity index (χ4v) is 3.10. The molecule has 1 aliphatic rings. The van der Waals surface area contributed by atoms with Crippen molar-refractivity contribution in [1.29, 1.82) is 0 Å². The molecule has 1 atom stereocenters. The number of halogens is 1. The van der Waals surface area contributed by atoms with E-state index in [9.17, 15) is 14.0 Å². The molecule has 1 aliphatic heterocycles. The molecule has 144 valence electrons. The summed E-state index contributed by atoms with van der Waals surface area (Å²) in [6.07, 6.45) is 3.30. The van der Waals surface area contributed by atoms with Gasteiger partial charge in [0, 0.05) is 23.8 Å². The van der Waals surface area contributed by atoms with Crippen molar-refractivity contribution < 1.29 is 18.7 Å². The van der Waals surface area contributed by atoms with Crippen molar-refractivity contribution in [1.82, 2.24) is 4.90 Å². The van der Waals surface area contributed by atoms with E-state index >= 15 is 0 Å². The number of rotatable bonds is 9. The zero-order valence-corrected chi connectivity index (χ0v) is 16.0. The van der Waals surface area contributed by atoms with Crippen LogP contribution in [-0.2, 0) is 9.59 Å². The van der Waals surface area contributed by atoms with Gasteiger partial charge in [-0.15, -0.1) is 0 Å². The van der Waals surface area contributed by atoms with Crippen LogP contribution in [-0.4, -0.2) is 43.1 Å². The number of carbonyl (C=O) groups is 2. The Morgan fingerprint density at radius 3 is 2.81 bits per heavy atom. The van der Waals surface area contributed by atoms with Gasteiger partial charge in [0.05, 0.1) is 12.6 Å². The van der Waals surface area contributed by atoms with Gasteiger partial charge in [-0.3, -0.25) is 14.6 Å². The third-order valence-electron chi connectivity index (χ3n) is 4.63. The van der Waals surface area contributed by atoms with Crippen LogP contribution in [0.4, 0.5) is 4.39 Å². The summed E-state index contributed by atoms with van der Waals surface area (Å²) < 4.78 is 17.7. The minimum atomic E-state index is -0.546. The highest BCUT2D eigenvalue weighted by Crippen LogP contribution is 2.32. The quantitative estimate of drug-likeness (QED) is 0.621. The zero-order chi connectivity index (χ0) is 20.0. The summed E-state index contributed by atoms with van der Waals surface area (Å²) in [5.41, 5.74) is 2.67. The fourth-order valence-electron chi connectivity index (χ4n) is 3.10. The molecule has 0 spiro atoms. The Hall–Kier alpha value is -2.76. The highest BCUT2D eigenvalue weighted by Gasteiger charge is 2.34. The minimum absolute atomic E-state index is 0.0137. The first kappa shape index (κ1) is 20.6.